The summed E-state index contributed by atoms with van der Waals surface area (Å²) in [6, 6.07) is 15.1. The molecule has 164 valence electrons. The zero-order chi connectivity index (χ0) is 21.5. The number of benzene rings is 1. The van der Waals surface area contributed by atoms with E-state index in [1.807, 2.05) is 11.0 Å². The minimum atomic E-state index is 0.0607. The van der Waals surface area contributed by atoms with Gasteiger partial charge in [0.05, 0.1) is 17.4 Å². The second-order valence-electron chi connectivity index (χ2n) is 9.46. The first kappa shape index (κ1) is 20.3. The lowest BCUT2D eigenvalue weighted by atomic mass is 9.82. The van der Waals surface area contributed by atoms with Crippen molar-refractivity contribution >= 4 is 23.1 Å². The zero-order valence-electron chi connectivity index (χ0n) is 18.5. The Balaban J connectivity index is 1.56. The van der Waals surface area contributed by atoms with Gasteiger partial charge in [-0.1, -0.05) is 25.1 Å². The number of fused-ring (bicyclic) bond motifs is 1. The summed E-state index contributed by atoms with van der Waals surface area (Å²) < 4.78 is 0. The largest absolute Gasteiger partial charge is 0.376 e. The number of piperidine rings is 1. The standard InChI is InChI=1S/C25H33N5O/c1-16-23(27-20-6-4-3-5-7-20)24-21(30(17(2)31)25(16)18-8-9-18)10-11-22(28-24)29-14-12-19(26)13-15-29/h3-7,10-11,16,18-19,23,25,27H,8-9,12-15,26H2,1-2H3/t16-,23-,25?/m1/s1. The van der Waals surface area contributed by atoms with Crippen molar-refractivity contribution < 1.29 is 4.79 Å². The fraction of sp³-hybridized carbons (Fsp3) is 0.520. The van der Waals surface area contributed by atoms with E-state index in [0.29, 0.717) is 5.92 Å². The Morgan fingerprint density at radius 2 is 1.77 bits per heavy atom. The van der Waals surface area contributed by atoms with Crippen LogP contribution in [-0.4, -0.2) is 36.1 Å². The average molecular weight is 420 g/mol. The molecule has 6 heteroatoms. The number of nitrogens with two attached hydrogens (primary N) is 1. The molecule has 6 nitrogen and oxygen atoms in total. The summed E-state index contributed by atoms with van der Waals surface area (Å²) in [4.78, 5) is 22.3. The number of amides is 1. The number of para-hydroxylation sites is 1. The van der Waals surface area contributed by atoms with Gasteiger partial charge < -0.3 is 20.9 Å². The first-order chi connectivity index (χ1) is 15.0. The van der Waals surface area contributed by atoms with Crippen molar-refractivity contribution in [2.24, 2.45) is 17.6 Å². The summed E-state index contributed by atoms with van der Waals surface area (Å²) in [5, 5.41) is 3.76. The van der Waals surface area contributed by atoms with E-state index in [2.05, 4.69) is 53.5 Å². The van der Waals surface area contributed by atoms with Gasteiger partial charge >= 0.3 is 0 Å². The van der Waals surface area contributed by atoms with E-state index in [0.717, 1.165) is 48.8 Å². The Bertz CT molecular complexity index is 936. The molecule has 2 aromatic rings. The Morgan fingerprint density at radius 1 is 1.06 bits per heavy atom. The third-order valence-electron chi connectivity index (χ3n) is 7.21. The lowest BCUT2D eigenvalue weighted by Crippen LogP contribution is -2.51. The number of anilines is 3. The summed E-state index contributed by atoms with van der Waals surface area (Å²) in [7, 11) is 0. The molecule has 3 aliphatic rings. The van der Waals surface area contributed by atoms with Gasteiger partial charge in [0.1, 0.15) is 5.82 Å². The van der Waals surface area contributed by atoms with Gasteiger partial charge in [-0.15, -0.1) is 0 Å². The molecule has 0 spiro atoms. The highest BCUT2D eigenvalue weighted by Gasteiger charge is 2.48. The molecule has 0 radical (unpaired) electrons. The van der Waals surface area contributed by atoms with Crippen LogP contribution in [0, 0.1) is 11.8 Å². The Hall–Kier alpha value is -2.60. The van der Waals surface area contributed by atoms with Gasteiger partial charge in [0.15, 0.2) is 0 Å². The molecule has 5 rings (SSSR count). The molecule has 1 aromatic carbocycles. The molecule has 1 saturated carbocycles. The molecule has 1 unspecified atom stereocenters. The molecule has 0 bridgehead atoms. The summed E-state index contributed by atoms with van der Waals surface area (Å²) >= 11 is 0. The van der Waals surface area contributed by atoms with Gasteiger partial charge in [-0.2, -0.15) is 0 Å². The van der Waals surface area contributed by atoms with E-state index >= 15 is 0 Å². The van der Waals surface area contributed by atoms with Crippen molar-refractivity contribution in [3.05, 3.63) is 48.2 Å². The predicted molar refractivity (Wildman–Crippen MR) is 125 cm³/mol. The lowest BCUT2D eigenvalue weighted by Gasteiger charge is -2.45. The molecule has 3 N–H and O–H groups in total. The van der Waals surface area contributed by atoms with E-state index < -0.39 is 0 Å². The van der Waals surface area contributed by atoms with Gasteiger partial charge in [-0.25, -0.2) is 4.98 Å². The van der Waals surface area contributed by atoms with E-state index in [1.165, 1.54) is 12.8 Å². The maximum absolute atomic E-state index is 12.8. The number of aromatic nitrogens is 1. The zero-order valence-corrected chi connectivity index (χ0v) is 18.5. The van der Waals surface area contributed by atoms with E-state index in [9.17, 15) is 4.79 Å². The quantitative estimate of drug-likeness (QED) is 0.785. The number of rotatable bonds is 4. The molecule has 3 atom stereocenters. The smallest absolute Gasteiger partial charge is 0.224 e. The Kier molecular flexibility index (Phi) is 5.34. The van der Waals surface area contributed by atoms with Crippen LogP contribution < -0.4 is 20.9 Å². The summed E-state index contributed by atoms with van der Waals surface area (Å²) in [5.74, 6) is 1.95. The van der Waals surface area contributed by atoms with E-state index in [-0.39, 0.29) is 30.0 Å². The highest BCUT2D eigenvalue weighted by atomic mass is 16.2. The van der Waals surface area contributed by atoms with Crippen LogP contribution in [0.3, 0.4) is 0 Å². The molecule has 1 aliphatic carbocycles. The van der Waals surface area contributed by atoms with Crippen molar-refractivity contribution in [3.8, 4) is 0 Å². The third-order valence-corrected chi connectivity index (χ3v) is 7.21. The molecule has 31 heavy (non-hydrogen) atoms. The normalized spacial score (nSPS) is 26.5. The van der Waals surface area contributed by atoms with Gasteiger partial charge in [0.25, 0.3) is 0 Å². The molecular weight excluding hydrogens is 386 g/mol. The molecule has 3 heterocycles. The predicted octanol–water partition coefficient (Wildman–Crippen LogP) is 3.94. The number of carbonyl (C=O) groups excluding carboxylic acids is 1. The van der Waals surface area contributed by atoms with Crippen molar-refractivity contribution in [1.29, 1.82) is 0 Å². The van der Waals surface area contributed by atoms with Crippen LogP contribution in [0.15, 0.2) is 42.5 Å². The van der Waals surface area contributed by atoms with Crippen LogP contribution in [0.1, 0.15) is 51.3 Å². The van der Waals surface area contributed by atoms with Crippen molar-refractivity contribution in [3.63, 3.8) is 0 Å². The lowest BCUT2D eigenvalue weighted by molar-refractivity contribution is -0.117. The third kappa shape index (κ3) is 3.89. The maximum Gasteiger partial charge on any atom is 0.224 e. The van der Waals surface area contributed by atoms with Crippen molar-refractivity contribution in [2.75, 3.05) is 28.2 Å². The number of nitrogens with zero attached hydrogens (tertiary/aromatic N) is 3. The topological polar surface area (TPSA) is 74.5 Å². The second-order valence-corrected chi connectivity index (χ2v) is 9.46. The minimum Gasteiger partial charge on any atom is -0.376 e. The molecule has 1 saturated heterocycles. The minimum absolute atomic E-state index is 0.0607. The van der Waals surface area contributed by atoms with Crippen molar-refractivity contribution in [2.45, 2.75) is 57.7 Å². The fourth-order valence-corrected chi connectivity index (χ4v) is 5.41. The van der Waals surface area contributed by atoms with Crippen LogP contribution in [0.4, 0.5) is 17.2 Å². The molecular formula is C25H33N5O. The van der Waals surface area contributed by atoms with Crippen LogP contribution in [0.2, 0.25) is 0 Å². The number of pyridine rings is 1. The van der Waals surface area contributed by atoms with Crippen LogP contribution in [-0.2, 0) is 4.79 Å². The van der Waals surface area contributed by atoms with Crippen LogP contribution >= 0.6 is 0 Å². The van der Waals surface area contributed by atoms with E-state index in [4.69, 9.17) is 10.7 Å². The summed E-state index contributed by atoms with van der Waals surface area (Å²) in [5.41, 5.74) is 9.15. The van der Waals surface area contributed by atoms with Gasteiger partial charge in [-0.05, 0) is 55.9 Å². The molecule has 1 aromatic heterocycles. The SMILES string of the molecule is CC(=O)N1c2ccc(N3CCC(N)CC3)nc2[C@H](Nc2ccccc2)[C@@H](C)C1C1CC1. The van der Waals surface area contributed by atoms with Crippen LogP contribution in [0.5, 0.6) is 0 Å². The van der Waals surface area contributed by atoms with Gasteiger partial charge in [0.2, 0.25) is 5.91 Å². The Morgan fingerprint density at radius 3 is 2.42 bits per heavy atom. The highest BCUT2D eigenvalue weighted by molar-refractivity contribution is 5.94. The number of nitrogens with one attached hydrogen (secondary N) is 1. The van der Waals surface area contributed by atoms with Gasteiger partial charge in [0, 0.05) is 43.7 Å². The second kappa shape index (κ2) is 8.15. The molecule has 1 amide bonds. The molecule has 2 fully saturated rings. The first-order valence-electron chi connectivity index (χ1n) is 11.7. The Labute approximate surface area is 184 Å². The van der Waals surface area contributed by atoms with Crippen molar-refractivity contribution in [1.82, 2.24) is 4.98 Å². The monoisotopic (exact) mass is 419 g/mol. The fourth-order valence-electron chi connectivity index (χ4n) is 5.41. The van der Waals surface area contributed by atoms with E-state index in [1.54, 1.807) is 6.92 Å². The maximum atomic E-state index is 12.8. The first-order valence-corrected chi connectivity index (χ1v) is 11.7. The summed E-state index contributed by atoms with van der Waals surface area (Å²) in [6.45, 7) is 5.83. The number of hydrogen-bond acceptors (Lipinski definition) is 5. The highest BCUT2D eigenvalue weighted by Crippen LogP contribution is 2.49. The van der Waals surface area contributed by atoms with Gasteiger partial charge in [-0.3, -0.25) is 4.79 Å². The average Bonchev–Trinajstić information content (AvgIpc) is 3.61. The van der Waals surface area contributed by atoms with Crippen LogP contribution in [0.25, 0.3) is 0 Å². The number of hydrogen-bond donors (Lipinski definition) is 2. The molecule has 2 aliphatic heterocycles. The summed E-state index contributed by atoms with van der Waals surface area (Å²) in [6.07, 6.45) is 4.38. The number of carbonyl (C=O) groups is 1.